The number of piperidine rings is 2. The summed E-state index contributed by atoms with van der Waals surface area (Å²) < 4.78 is 149. The van der Waals surface area contributed by atoms with Gasteiger partial charge < -0.3 is 35.6 Å². The van der Waals surface area contributed by atoms with Gasteiger partial charge in [-0.05, 0) is 115 Å². The first-order valence-corrected chi connectivity index (χ1v) is 33.6. The predicted molar refractivity (Wildman–Crippen MR) is 330 cm³/mol. The van der Waals surface area contributed by atoms with Gasteiger partial charge in [0.25, 0.3) is 20.4 Å². The second kappa shape index (κ2) is 32.8. The molecule has 2 aromatic carbocycles. The van der Waals surface area contributed by atoms with Crippen LogP contribution in [0.5, 0.6) is 0 Å². The number of nitrogens with one attached hydrogen (secondary N) is 1. The van der Waals surface area contributed by atoms with Crippen molar-refractivity contribution in [3.63, 3.8) is 0 Å². The van der Waals surface area contributed by atoms with Gasteiger partial charge in [-0.2, -0.15) is 57.8 Å². The first-order chi connectivity index (χ1) is 43.1. The number of carboxylic acid groups (broad SMARTS) is 1. The van der Waals surface area contributed by atoms with E-state index in [-0.39, 0.29) is 111 Å². The molecule has 2 unspecified atom stereocenters. The Morgan fingerprint density at radius 2 is 1.04 bits per heavy atom. The van der Waals surface area contributed by atoms with Crippen LogP contribution in [-0.4, -0.2) is 192 Å². The van der Waals surface area contributed by atoms with Crippen molar-refractivity contribution in [2.24, 2.45) is 41.2 Å². The number of amides is 4. The van der Waals surface area contributed by atoms with E-state index in [0.717, 1.165) is 43.5 Å². The van der Waals surface area contributed by atoms with Crippen LogP contribution in [0.15, 0.2) is 24.3 Å². The summed E-state index contributed by atoms with van der Waals surface area (Å²) in [5.41, 5.74) is 5.52. The van der Waals surface area contributed by atoms with Crippen LogP contribution in [0.3, 0.4) is 0 Å². The summed E-state index contributed by atoms with van der Waals surface area (Å²) in [6.45, 7) is 8.27. The Hall–Kier alpha value is -5.97. The van der Waals surface area contributed by atoms with Gasteiger partial charge in [0.2, 0.25) is 24.0 Å². The number of ether oxygens (including phenoxy) is 1. The summed E-state index contributed by atoms with van der Waals surface area (Å²) in [4.78, 5) is 76.0. The molecule has 23 nitrogen and oxygen atoms in total. The molecule has 1 saturated carbocycles. The third kappa shape index (κ3) is 19.2. The number of aliphatic carboxylic acids is 1. The number of halogens is 9. The SMILES string of the molecule is C.C.CC(C)(C)OC(=O)N1CC(C(N)c2cc(F)c(Cl)cc2F)C1.N#CC1CN(S(=O)(=O)N2CCC[C@H](C(=O)N3CCC[C@@H]3C(=O)NC(c3cc(F)c(Cl)cc3F)C3CCC3)C2)C1.N#CC1CN(S(=O)(=O)N2CCC[C@H](C(=O)N3CCC[C@@H]3C(=O)O)C2)C1.O=CC(F)(F)F. The monoisotopic (exact) mass is 1420 g/mol. The summed E-state index contributed by atoms with van der Waals surface area (Å²) >= 11 is 11.3. The van der Waals surface area contributed by atoms with E-state index in [1.54, 1.807) is 20.8 Å². The maximum atomic E-state index is 14.8. The zero-order valence-electron chi connectivity index (χ0n) is 50.7. The van der Waals surface area contributed by atoms with Gasteiger partial charge in [0, 0.05) is 102 Å². The van der Waals surface area contributed by atoms with Crippen molar-refractivity contribution in [3.05, 3.63) is 68.7 Å². The zero-order chi connectivity index (χ0) is 67.9. The number of carbonyl (C=O) groups excluding carboxylic acids is 5. The number of likely N-dealkylation sites (tertiary alicyclic amines) is 3. The van der Waals surface area contributed by atoms with Crippen LogP contribution in [0.2, 0.25) is 10.0 Å². The molecule has 7 saturated heterocycles. The maximum Gasteiger partial charge on any atom is 0.446 e. The van der Waals surface area contributed by atoms with E-state index >= 15 is 0 Å². The fraction of sp³-hybridized carbons (Fsp3) is 0.667. The highest BCUT2D eigenvalue weighted by Crippen LogP contribution is 2.41. The Labute approximate surface area is 553 Å². The molecule has 7 aliphatic heterocycles. The summed E-state index contributed by atoms with van der Waals surface area (Å²) in [5.74, 6) is -6.62. The Morgan fingerprint density at radius 3 is 1.45 bits per heavy atom. The van der Waals surface area contributed by atoms with Gasteiger partial charge in [-0.25, -0.2) is 27.2 Å². The summed E-state index contributed by atoms with van der Waals surface area (Å²) in [6, 6.07) is 4.98. The number of nitrogens with zero attached hydrogens (tertiary/aromatic N) is 9. The van der Waals surface area contributed by atoms with Gasteiger partial charge in [-0.1, -0.05) is 44.5 Å². The lowest BCUT2D eigenvalue weighted by Crippen LogP contribution is -2.57. The van der Waals surface area contributed by atoms with Crippen LogP contribution in [0.25, 0.3) is 0 Å². The molecule has 0 bridgehead atoms. The lowest BCUT2D eigenvalue weighted by Gasteiger charge is -2.42. The Kier molecular flexibility index (Phi) is 27.5. The quantitative estimate of drug-likeness (QED) is 0.0973. The molecular weight excluding hydrogens is 1330 g/mol. The van der Waals surface area contributed by atoms with Crippen molar-refractivity contribution in [2.45, 2.75) is 142 Å². The second-order valence-electron chi connectivity index (χ2n) is 25.0. The predicted octanol–water partition coefficient (Wildman–Crippen LogP) is 7.96. The number of benzene rings is 2. The topological polar surface area (TPSA) is 308 Å². The summed E-state index contributed by atoms with van der Waals surface area (Å²) in [7, 11) is -7.42. The molecule has 4 amide bonds. The fourth-order valence-corrected chi connectivity index (χ4v) is 15.9. The highest BCUT2D eigenvalue weighted by atomic mass is 35.5. The minimum atomic E-state index is -4.64. The molecule has 0 spiro atoms. The molecule has 94 heavy (non-hydrogen) atoms. The van der Waals surface area contributed by atoms with E-state index in [0.29, 0.717) is 90.6 Å². The first-order valence-electron chi connectivity index (χ1n) is 30.1. The Balaban J connectivity index is 0.000000253. The molecule has 0 radical (unpaired) electrons. The maximum absolute atomic E-state index is 14.8. The molecule has 7 heterocycles. The van der Waals surface area contributed by atoms with Crippen molar-refractivity contribution in [2.75, 3.05) is 78.5 Å². The summed E-state index contributed by atoms with van der Waals surface area (Å²) in [6.07, 6.45) is 0.623. The number of nitrogens with two attached hydrogens (primary N) is 1. The number of alkyl halides is 3. The van der Waals surface area contributed by atoms with Gasteiger partial charge in [0.1, 0.15) is 41.0 Å². The van der Waals surface area contributed by atoms with Crippen LogP contribution < -0.4 is 11.1 Å². The molecule has 4 N–H and O–H groups in total. The van der Waals surface area contributed by atoms with Gasteiger partial charge in [-0.3, -0.25) is 19.2 Å². The highest BCUT2D eigenvalue weighted by Gasteiger charge is 2.47. The van der Waals surface area contributed by atoms with Crippen LogP contribution in [0.4, 0.5) is 35.5 Å². The van der Waals surface area contributed by atoms with Crippen molar-refractivity contribution < 1.29 is 86.2 Å². The molecule has 34 heteroatoms. The highest BCUT2D eigenvalue weighted by molar-refractivity contribution is 7.87. The van der Waals surface area contributed by atoms with Crippen LogP contribution in [0, 0.1) is 81.4 Å². The number of carbonyl (C=O) groups is 6. The molecule has 6 atom stereocenters. The van der Waals surface area contributed by atoms with Gasteiger partial charge in [0.05, 0.1) is 51.9 Å². The molecule has 0 aromatic heterocycles. The third-order valence-corrected chi connectivity index (χ3v) is 21.8. The number of nitriles is 2. The van der Waals surface area contributed by atoms with Gasteiger partial charge >= 0.3 is 18.2 Å². The standard InChI is InChI=1S/C26H32ClF2N5O4S.C15H19ClF2N2O2.C15H22N4O5S.C2HF3O.2CH4/c27-20-11-21(28)19(10-22(20)29)24(17-4-1-5-17)31-25(35)23-7-3-9-34(23)26(36)18-6-2-8-32(15-18)39(37,38)33-13-16(12-30)14-33;1-15(2,3)22-14(21)20-6-8(7-20)13(19)9-4-12(18)10(16)5-11(9)17;16-7-11-8-18(9-11)25(23,24)17-5-1-3-12(10-17)14(20)19-6-2-4-13(19)15(21)22;3-2(4,5)1-6;;/h10-11,16-18,23-24H,1-9,13-15H2,(H,31,35);4-5,8,13H,6-7,19H2,1-3H3;11-13H,1-6,8-10H2,(H,21,22);1H;2*1H4/t18-,23+,24?;;12-,13+;;;/m0.0.../s1. The molecule has 10 rings (SSSR count). The first kappa shape index (κ1) is 78.7. The average molecular weight is 1420 g/mol. The zero-order valence-corrected chi connectivity index (χ0v) is 53.8. The van der Waals surface area contributed by atoms with Crippen LogP contribution >= 0.6 is 23.2 Å². The van der Waals surface area contributed by atoms with E-state index in [1.807, 2.05) is 6.07 Å². The van der Waals surface area contributed by atoms with Crippen LogP contribution in [0.1, 0.15) is 129 Å². The molecular formula is C60H82Cl2F7N11O12S2. The average Bonchev–Trinajstić information content (AvgIpc) is 0.992. The van der Waals surface area contributed by atoms with E-state index in [9.17, 15) is 76.6 Å². The molecule has 524 valence electrons. The fourth-order valence-electron chi connectivity index (χ4n) is 12.0. The Morgan fingerprint density at radius 1 is 0.628 bits per heavy atom. The normalized spacial score (nSPS) is 23.2. The minimum absolute atomic E-state index is 0. The second-order valence-corrected chi connectivity index (χ2v) is 29.7. The molecule has 1 aliphatic carbocycles. The van der Waals surface area contributed by atoms with Gasteiger partial charge in [-0.15, -0.1) is 0 Å². The third-order valence-electron chi connectivity index (χ3n) is 17.4. The van der Waals surface area contributed by atoms with Gasteiger partial charge in [0.15, 0.2) is 0 Å². The minimum Gasteiger partial charge on any atom is -0.480 e. The lowest BCUT2D eigenvalue weighted by atomic mass is 9.77. The Bertz CT molecular complexity index is 3380. The van der Waals surface area contributed by atoms with Crippen molar-refractivity contribution in [1.82, 2.24) is 37.2 Å². The number of hydrogen-bond donors (Lipinski definition) is 3. The lowest BCUT2D eigenvalue weighted by molar-refractivity contribution is -0.156. The van der Waals surface area contributed by atoms with E-state index < -0.39 is 116 Å². The number of aldehydes is 1. The summed E-state index contributed by atoms with van der Waals surface area (Å²) in [5, 5.41) is 29.3. The van der Waals surface area contributed by atoms with Crippen molar-refractivity contribution in [1.29, 1.82) is 10.5 Å². The van der Waals surface area contributed by atoms with E-state index in [2.05, 4.69) is 11.4 Å². The number of hydrogen-bond acceptors (Lipinski definition) is 14. The van der Waals surface area contributed by atoms with Crippen molar-refractivity contribution in [3.8, 4) is 12.1 Å². The largest absolute Gasteiger partial charge is 0.480 e. The van der Waals surface area contributed by atoms with E-state index in [4.69, 9.17) is 49.0 Å². The van der Waals surface area contributed by atoms with Crippen molar-refractivity contribution >= 4 is 79.7 Å². The molecule has 8 aliphatic rings. The molecule has 8 fully saturated rings. The van der Waals surface area contributed by atoms with E-state index in [1.165, 1.54) is 31.9 Å². The number of carboxylic acids is 1. The number of rotatable bonds is 13. The smallest absolute Gasteiger partial charge is 0.446 e. The van der Waals surface area contributed by atoms with Crippen LogP contribution in [-0.2, 0) is 49.1 Å². The molecule has 2 aromatic rings.